The Hall–Kier alpha value is -2.58. The van der Waals surface area contributed by atoms with Gasteiger partial charge in [0.2, 0.25) is 0 Å². The van der Waals surface area contributed by atoms with Gasteiger partial charge in [-0.25, -0.2) is 9.97 Å². The number of hydrogen-bond donors (Lipinski definition) is 1. The van der Waals surface area contributed by atoms with E-state index in [1.165, 1.54) is 0 Å². The monoisotopic (exact) mass is 370 g/mol. The summed E-state index contributed by atoms with van der Waals surface area (Å²) < 4.78 is 22.5. The first-order valence-electron chi connectivity index (χ1n) is 9.14. The SMILES string of the molecule is COc1cc2[nH]c3c(N4CCC5(CC4)OCCO5)ncnc3c2cc1OC. The largest absolute Gasteiger partial charge is 0.493 e. The van der Waals surface area contributed by atoms with Gasteiger partial charge in [0.05, 0.1) is 33.0 Å². The normalized spacial score (nSPS) is 19.3. The third kappa shape index (κ3) is 2.59. The zero-order valence-electron chi connectivity index (χ0n) is 15.4. The number of methoxy groups -OCH3 is 2. The fourth-order valence-electron chi connectivity index (χ4n) is 4.09. The van der Waals surface area contributed by atoms with Crippen molar-refractivity contribution < 1.29 is 18.9 Å². The van der Waals surface area contributed by atoms with Gasteiger partial charge in [-0.3, -0.25) is 0 Å². The zero-order chi connectivity index (χ0) is 18.4. The van der Waals surface area contributed by atoms with Crippen LogP contribution in [0.25, 0.3) is 21.9 Å². The van der Waals surface area contributed by atoms with Crippen molar-refractivity contribution >= 4 is 27.8 Å². The van der Waals surface area contributed by atoms with E-state index in [0.29, 0.717) is 24.7 Å². The number of aromatic amines is 1. The first-order valence-corrected chi connectivity index (χ1v) is 9.14. The Labute approximate surface area is 156 Å². The number of rotatable bonds is 3. The molecule has 0 saturated carbocycles. The summed E-state index contributed by atoms with van der Waals surface area (Å²) >= 11 is 0. The quantitative estimate of drug-likeness (QED) is 0.758. The van der Waals surface area contributed by atoms with Crippen LogP contribution in [0.3, 0.4) is 0 Å². The molecule has 0 unspecified atom stereocenters. The molecule has 3 aromatic rings. The molecule has 2 fully saturated rings. The molecule has 27 heavy (non-hydrogen) atoms. The van der Waals surface area contributed by atoms with Crippen molar-refractivity contribution in [3.63, 3.8) is 0 Å². The highest BCUT2D eigenvalue weighted by Gasteiger charge is 2.40. The number of piperidine rings is 1. The molecule has 8 heteroatoms. The lowest BCUT2D eigenvalue weighted by Crippen LogP contribution is -2.45. The second-order valence-corrected chi connectivity index (χ2v) is 6.89. The van der Waals surface area contributed by atoms with Gasteiger partial charge in [0, 0.05) is 37.4 Å². The van der Waals surface area contributed by atoms with Crippen LogP contribution < -0.4 is 14.4 Å². The summed E-state index contributed by atoms with van der Waals surface area (Å²) in [5.74, 6) is 1.87. The molecular formula is C19H22N4O4. The van der Waals surface area contributed by atoms with Crippen LogP contribution in [0.15, 0.2) is 18.5 Å². The standard InChI is InChI=1S/C19H22N4O4/c1-24-14-9-12-13(10-15(14)25-2)22-17-16(12)20-11-21-18(17)23-5-3-19(4-6-23)26-7-8-27-19/h9-11,22H,3-8H2,1-2H3. The van der Waals surface area contributed by atoms with E-state index in [0.717, 1.165) is 53.7 Å². The van der Waals surface area contributed by atoms with E-state index in [-0.39, 0.29) is 0 Å². The molecule has 0 radical (unpaired) electrons. The van der Waals surface area contributed by atoms with Gasteiger partial charge < -0.3 is 28.8 Å². The average Bonchev–Trinajstić information content (AvgIpc) is 3.31. The lowest BCUT2D eigenvalue weighted by Gasteiger charge is -2.38. The molecule has 0 atom stereocenters. The van der Waals surface area contributed by atoms with Crippen LogP contribution in [0.2, 0.25) is 0 Å². The summed E-state index contributed by atoms with van der Waals surface area (Å²) in [6, 6.07) is 3.89. The van der Waals surface area contributed by atoms with Crippen molar-refractivity contribution in [2.45, 2.75) is 18.6 Å². The zero-order valence-corrected chi connectivity index (χ0v) is 15.4. The number of aromatic nitrogens is 3. The predicted molar refractivity (Wildman–Crippen MR) is 101 cm³/mol. The van der Waals surface area contributed by atoms with Gasteiger partial charge in [-0.2, -0.15) is 0 Å². The van der Waals surface area contributed by atoms with E-state index in [1.54, 1.807) is 20.5 Å². The second kappa shape index (κ2) is 6.24. The maximum absolute atomic E-state index is 5.83. The first kappa shape index (κ1) is 16.6. The highest BCUT2D eigenvalue weighted by molar-refractivity contribution is 6.09. The van der Waals surface area contributed by atoms with Crippen LogP contribution in [0.5, 0.6) is 11.5 Å². The van der Waals surface area contributed by atoms with Gasteiger partial charge >= 0.3 is 0 Å². The molecule has 2 aliphatic rings. The predicted octanol–water partition coefficient (Wildman–Crippen LogP) is 2.47. The molecule has 0 aliphatic carbocycles. The summed E-state index contributed by atoms with van der Waals surface area (Å²) in [7, 11) is 3.27. The maximum atomic E-state index is 5.83. The van der Waals surface area contributed by atoms with Crippen LogP contribution in [0.4, 0.5) is 5.82 Å². The van der Waals surface area contributed by atoms with Crippen molar-refractivity contribution in [3.05, 3.63) is 18.5 Å². The molecule has 2 saturated heterocycles. The Morgan fingerprint density at radius 1 is 1.04 bits per heavy atom. The molecule has 8 nitrogen and oxygen atoms in total. The van der Waals surface area contributed by atoms with E-state index in [9.17, 15) is 0 Å². The van der Waals surface area contributed by atoms with E-state index >= 15 is 0 Å². The Morgan fingerprint density at radius 2 is 1.74 bits per heavy atom. The van der Waals surface area contributed by atoms with E-state index in [1.807, 2.05) is 12.1 Å². The lowest BCUT2D eigenvalue weighted by molar-refractivity contribution is -0.169. The molecule has 1 spiro atoms. The molecule has 0 bridgehead atoms. The molecule has 2 aliphatic heterocycles. The average molecular weight is 370 g/mol. The number of nitrogens with one attached hydrogen (secondary N) is 1. The summed E-state index contributed by atoms with van der Waals surface area (Å²) in [5.41, 5.74) is 2.75. The van der Waals surface area contributed by atoms with Crippen LogP contribution in [-0.4, -0.2) is 61.3 Å². The molecule has 1 N–H and O–H groups in total. The van der Waals surface area contributed by atoms with E-state index < -0.39 is 5.79 Å². The third-order valence-corrected chi connectivity index (χ3v) is 5.50. The van der Waals surface area contributed by atoms with Gasteiger partial charge in [0.15, 0.2) is 23.1 Å². The number of hydrogen-bond acceptors (Lipinski definition) is 7. The molecule has 2 aromatic heterocycles. The number of anilines is 1. The van der Waals surface area contributed by atoms with Crippen LogP contribution in [-0.2, 0) is 9.47 Å². The highest BCUT2D eigenvalue weighted by Crippen LogP contribution is 2.38. The van der Waals surface area contributed by atoms with Crippen LogP contribution in [0.1, 0.15) is 12.8 Å². The number of H-pyrrole nitrogens is 1. The highest BCUT2D eigenvalue weighted by atomic mass is 16.7. The van der Waals surface area contributed by atoms with Gasteiger partial charge in [-0.05, 0) is 6.07 Å². The minimum atomic E-state index is -0.399. The molecular weight excluding hydrogens is 348 g/mol. The van der Waals surface area contributed by atoms with Gasteiger partial charge in [-0.1, -0.05) is 0 Å². The number of nitrogens with zero attached hydrogens (tertiary/aromatic N) is 3. The second-order valence-electron chi connectivity index (χ2n) is 6.89. The Bertz CT molecular complexity index is 986. The summed E-state index contributed by atoms with van der Waals surface area (Å²) in [6.07, 6.45) is 3.29. The summed E-state index contributed by atoms with van der Waals surface area (Å²) in [6.45, 7) is 3.02. The molecule has 5 rings (SSSR count). The Kier molecular flexibility index (Phi) is 3.84. The summed E-state index contributed by atoms with van der Waals surface area (Å²) in [5, 5.41) is 0.988. The fraction of sp³-hybridized carbons (Fsp3) is 0.474. The van der Waals surface area contributed by atoms with Gasteiger partial charge in [0.25, 0.3) is 0 Å². The van der Waals surface area contributed by atoms with Crippen molar-refractivity contribution in [1.82, 2.24) is 15.0 Å². The minimum absolute atomic E-state index is 0.399. The molecule has 4 heterocycles. The van der Waals surface area contributed by atoms with Crippen molar-refractivity contribution in [3.8, 4) is 11.5 Å². The van der Waals surface area contributed by atoms with Crippen molar-refractivity contribution in [2.24, 2.45) is 0 Å². The van der Waals surface area contributed by atoms with E-state index in [2.05, 4.69) is 19.9 Å². The first-order chi connectivity index (χ1) is 13.2. The van der Waals surface area contributed by atoms with Gasteiger partial charge in [0.1, 0.15) is 17.4 Å². The number of ether oxygens (including phenoxy) is 4. The lowest BCUT2D eigenvalue weighted by atomic mass is 10.0. The smallest absolute Gasteiger partial charge is 0.171 e. The van der Waals surface area contributed by atoms with Crippen LogP contribution in [0, 0.1) is 0 Å². The molecule has 142 valence electrons. The third-order valence-electron chi connectivity index (χ3n) is 5.50. The maximum Gasteiger partial charge on any atom is 0.171 e. The summed E-state index contributed by atoms with van der Waals surface area (Å²) in [4.78, 5) is 14.8. The Morgan fingerprint density at radius 3 is 2.44 bits per heavy atom. The fourth-order valence-corrected chi connectivity index (χ4v) is 4.09. The Balaban J connectivity index is 1.55. The number of fused-ring (bicyclic) bond motifs is 3. The topological polar surface area (TPSA) is 81.7 Å². The van der Waals surface area contributed by atoms with Crippen LogP contribution >= 0.6 is 0 Å². The molecule has 1 aromatic carbocycles. The van der Waals surface area contributed by atoms with Gasteiger partial charge in [-0.15, -0.1) is 0 Å². The minimum Gasteiger partial charge on any atom is -0.493 e. The van der Waals surface area contributed by atoms with Crippen molar-refractivity contribution in [1.29, 1.82) is 0 Å². The number of benzene rings is 1. The van der Waals surface area contributed by atoms with Crippen molar-refractivity contribution in [2.75, 3.05) is 45.4 Å². The molecule has 0 amide bonds. The van der Waals surface area contributed by atoms with E-state index in [4.69, 9.17) is 18.9 Å².